The van der Waals surface area contributed by atoms with Crippen LogP contribution in [-0.4, -0.2) is 33.2 Å². The molecule has 0 spiro atoms. The number of hydrogen-bond donors (Lipinski definition) is 1. The van der Waals surface area contributed by atoms with Gasteiger partial charge in [0.05, 0.1) is 11.1 Å². The van der Waals surface area contributed by atoms with Crippen LogP contribution >= 0.6 is 0 Å². The Morgan fingerprint density at radius 1 is 1.08 bits per heavy atom. The molecule has 25 heavy (non-hydrogen) atoms. The molecule has 1 aromatic carbocycles. The van der Waals surface area contributed by atoms with E-state index in [2.05, 4.69) is 25.7 Å². The Hall–Kier alpha value is -2.89. The molecule has 2 aromatic rings. The maximum atomic E-state index is 12.8. The molecule has 0 saturated carbocycles. The van der Waals surface area contributed by atoms with E-state index in [1.54, 1.807) is 12.1 Å². The topological polar surface area (TPSA) is 71.4 Å². The third kappa shape index (κ3) is 2.28. The van der Waals surface area contributed by atoms with Crippen LogP contribution in [0.3, 0.4) is 0 Å². The largest absolute Gasteiger partial charge is 0.351 e. The van der Waals surface area contributed by atoms with E-state index in [1.165, 1.54) is 0 Å². The van der Waals surface area contributed by atoms with Crippen LogP contribution in [0, 0.1) is 0 Å². The summed E-state index contributed by atoms with van der Waals surface area (Å²) in [7, 11) is 0. The van der Waals surface area contributed by atoms with Crippen LogP contribution in [-0.2, 0) is 4.79 Å². The van der Waals surface area contributed by atoms with Crippen molar-refractivity contribution in [3.63, 3.8) is 0 Å². The van der Waals surface area contributed by atoms with E-state index < -0.39 is 17.9 Å². The van der Waals surface area contributed by atoms with E-state index in [9.17, 15) is 14.4 Å². The zero-order valence-corrected chi connectivity index (χ0v) is 14.2. The number of allylic oxidation sites excluding steroid dienone is 1. The molecule has 2 aliphatic heterocycles. The lowest BCUT2D eigenvalue weighted by Crippen LogP contribution is -2.51. The summed E-state index contributed by atoms with van der Waals surface area (Å²) in [5.74, 6) is -1.14. The van der Waals surface area contributed by atoms with Gasteiger partial charge >= 0.3 is 0 Å². The van der Waals surface area contributed by atoms with Crippen LogP contribution in [0.15, 0.2) is 36.8 Å². The SMILES string of the molecule is C=C1CCC(N2C(=O)c3cc4cn(C(C)C)cc4cc3C2=O)C(=O)N1. The van der Waals surface area contributed by atoms with E-state index in [1.807, 2.05) is 17.0 Å². The number of nitrogens with zero attached hydrogens (tertiary/aromatic N) is 2. The fourth-order valence-electron chi connectivity index (χ4n) is 3.51. The first-order valence-electron chi connectivity index (χ1n) is 8.38. The third-order valence-corrected chi connectivity index (χ3v) is 4.93. The Kier molecular flexibility index (Phi) is 3.32. The summed E-state index contributed by atoms with van der Waals surface area (Å²) in [6.45, 7) is 7.87. The van der Waals surface area contributed by atoms with Gasteiger partial charge in [-0.2, -0.15) is 0 Å². The molecule has 6 nitrogen and oxygen atoms in total. The Bertz CT molecular complexity index is 901. The van der Waals surface area contributed by atoms with Gasteiger partial charge in [-0.3, -0.25) is 19.3 Å². The van der Waals surface area contributed by atoms with Gasteiger partial charge in [0.15, 0.2) is 0 Å². The van der Waals surface area contributed by atoms with Gasteiger partial charge in [0, 0.05) is 34.9 Å². The molecule has 1 atom stereocenters. The minimum absolute atomic E-state index is 0.296. The van der Waals surface area contributed by atoms with Gasteiger partial charge in [-0.1, -0.05) is 6.58 Å². The first-order valence-corrected chi connectivity index (χ1v) is 8.38. The van der Waals surface area contributed by atoms with Crippen LogP contribution in [0.1, 0.15) is 53.4 Å². The molecular weight excluding hydrogens is 318 g/mol. The summed E-state index contributed by atoms with van der Waals surface area (Å²) in [6.07, 6.45) is 4.91. The van der Waals surface area contributed by atoms with E-state index in [-0.39, 0.29) is 5.91 Å². The maximum absolute atomic E-state index is 12.8. The van der Waals surface area contributed by atoms with Crippen molar-refractivity contribution >= 4 is 28.5 Å². The zero-order valence-electron chi connectivity index (χ0n) is 14.2. The Morgan fingerprint density at radius 3 is 2.12 bits per heavy atom. The number of nitrogens with one attached hydrogen (secondary N) is 1. The smallest absolute Gasteiger partial charge is 0.262 e. The summed E-state index contributed by atoms with van der Waals surface area (Å²) in [4.78, 5) is 38.9. The highest BCUT2D eigenvalue weighted by Gasteiger charge is 2.44. The summed E-state index contributed by atoms with van der Waals surface area (Å²) >= 11 is 0. The summed E-state index contributed by atoms with van der Waals surface area (Å²) in [5, 5.41) is 4.47. The number of aromatic nitrogens is 1. The monoisotopic (exact) mass is 337 g/mol. The minimum Gasteiger partial charge on any atom is -0.351 e. The normalized spacial score (nSPS) is 20.6. The number of piperidine rings is 1. The van der Waals surface area contributed by atoms with Gasteiger partial charge in [0.2, 0.25) is 5.91 Å². The van der Waals surface area contributed by atoms with Crippen LogP contribution in [0.4, 0.5) is 0 Å². The molecule has 0 bridgehead atoms. The van der Waals surface area contributed by atoms with Gasteiger partial charge in [0.25, 0.3) is 11.8 Å². The molecule has 1 unspecified atom stereocenters. The predicted molar refractivity (Wildman–Crippen MR) is 93.1 cm³/mol. The second-order valence-electron chi connectivity index (χ2n) is 6.95. The number of imide groups is 1. The average Bonchev–Trinajstić information content (AvgIpc) is 3.07. The average molecular weight is 337 g/mol. The van der Waals surface area contributed by atoms with Crippen molar-refractivity contribution in [3.8, 4) is 0 Å². The first kappa shape index (κ1) is 15.6. The summed E-state index contributed by atoms with van der Waals surface area (Å²) in [6, 6.07) is 3.03. The van der Waals surface area contributed by atoms with Crippen LogP contribution in [0.2, 0.25) is 0 Å². The van der Waals surface area contributed by atoms with Crippen LogP contribution in [0.5, 0.6) is 0 Å². The highest BCUT2D eigenvalue weighted by Crippen LogP contribution is 2.32. The van der Waals surface area contributed by atoms with Crippen LogP contribution < -0.4 is 5.32 Å². The number of hydrogen-bond acceptors (Lipinski definition) is 3. The molecule has 0 aliphatic carbocycles. The molecule has 3 amide bonds. The first-order chi connectivity index (χ1) is 11.9. The third-order valence-electron chi connectivity index (χ3n) is 4.93. The second-order valence-corrected chi connectivity index (χ2v) is 6.95. The molecule has 4 rings (SSSR count). The highest BCUT2D eigenvalue weighted by molar-refractivity contribution is 6.24. The molecule has 1 aromatic heterocycles. The molecular formula is C19H19N3O3. The van der Waals surface area contributed by atoms with Crippen molar-refractivity contribution in [1.29, 1.82) is 0 Å². The number of carbonyl (C=O) groups is 3. The fourth-order valence-corrected chi connectivity index (χ4v) is 3.51. The quantitative estimate of drug-likeness (QED) is 0.856. The number of benzene rings is 1. The summed E-state index contributed by atoms with van der Waals surface area (Å²) < 4.78 is 2.05. The lowest BCUT2D eigenvalue weighted by molar-refractivity contribution is -0.125. The lowest BCUT2D eigenvalue weighted by atomic mass is 10.0. The van der Waals surface area contributed by atoms with Crippen molar-refractivity contribution in [1.82, 2.24) is 14.8 Å². The highest BCUT2D eigenvalue weighted by atomic mass is 16.2. The van der Waals surface area contributed by atoms with Crippen LogP contribution in [0.25, 0.3) is 10.8 Å². The van der Waals surface area contributed by atoms with Gasteiger partial charge in [-0.25, -0.2) is 0 Å². The molecule has 0 radical (unpaired) electrons. The van der Waals surface area contributed by atoms with Gasteiger partial charge < -0.3 is 9.88 Å². The fraction of sp³-hybridized carbons (Fsp3) is 0.316. The summed E-state index contributed by atoms with van der Waals surface area (Å²) in [5.41, 5.74) is 1.36. The maximum Gasteiger partial charge on any atom is 0.262 e. The second kappa shape index (κ2) is 5.31. The standard InChI is InChI=1S/C19H19N3O3/c1-10(2)21-8-12-6-14-15(7-13(12)9-21)19(25)22(18(14)24)16-5-4-11(3)20-17(16)23/h6-10,16H,3-5H2,1-2H3,(H,20,23). The van der Waals surface area contributed by atoms with Gasteiger partial charge in [-0.15, -0.1) is 0 Å². The number of carbonyl (C=O) groups excluding carboxylic acids is 3. The molecule has 1 fully saturated rings. The van der Waals surface area contributed by atoms with Gasteiger partial charge in [0.1, 0.15) is 6.04 Å². The van der Waals surface area contributed by atoms with Crippen molar-refractivity contribution in [2.45, 2.75) is 38.8 Å². The Labute approximate surface area is 145 Å². The minimum atomic E-state index is -0.770. The van der Waals surface area contributed by atoms with Gasteiger partial charge in [-0.05, 0) is 38.8 Å². The molecule has 6 heteroatoms. The molecule has 128 valence electrons. The predicted octanol–water partition coefficient (Wildman–Crippen LogP) is 2.61. The van der Waals surface area contributed by atoms with E-state index in [0.29, 0.717) is 35.7 Å². The van der Waals surface area contributed by atoms with Crippen molar-refractivity contribution in [2.24, 2.45) is 0 Å². The van der Waals surface area contributed by atoms with Crippen molar-refractivity contribution in [2.75, 3.05) is 0 Å². The molecule has 1 saturated heterocycles. The molecule has 1 N–H and O–H groups in total. The number of rotatable bonds is 2. The lowest BCUT2D eigenvalue weighted by Gasteiger charge is -2.29. The Morgan fingerprint density at radius 2 is 1.64 bits per heavy atom. The van der Waals surface area contributed by atoms with E-state index >= 15 is 0 Å². The van der Waals surface area contributed by atoms with Crippen molar-refractivity contribution < 1.29 is 14.4 Å². The molecule has 2 aliphatic rings. The van der Waals surface area contributed by atoms with Crippen molar-refractivity contribution in [3.05, 3.63) is 47.9 Å². The number of amides is 3. The number of fused-ring (bicyclic) bond motifs is 2. The van der Waals surface area contributed by atoms with E-state index in [0.717, 1.165) is 15.7 Å². The Balaban J connectivity index is 1.75. The zero-order chi connectivity index (χ0) is 17.9. The molecule has 3 heterocycles. The van der Waals surface area contributed by atoms with E-state index in [4.69, 9.17) is 0 Å².